The van der Waals surface area contributed by atoms with Gasteiger partial charge in [-0.3, -0.25) is 9.59 Å². The molecule has 2 aliphatic rings. The molecule has 3 atom stereocenters. The molecule has 1 heterocycles. The second-order valence-corrected chi connectivity index (χ2v) is 9.06. The summed E-state index contributed by atoms with van der Waals surface area (Å²) in [7, 11) is 3.45. The molecule has 0 aromatic heterocycles. The van der Waals surface area contributed by atoms with Crippen molar-refractivity contribution in [3.63, 3.8) is 0 Å². The molecular weight excluding hydrogens is 412 g/mol. The maximum atomic E-state index is 13.5. The van der Waals surface area contributed by atoms with Crippen LogP contribution in [-0.4, -0.2) is 47.9 Å². The predicted octanol–water partition coefficient (Wildman–Crippen LogP) is 4.78. The lowest BCUT2D eigenvalue weighted by Gasteiger charge is -2.34. The van der Waals surface area contributed by atoms with Crippen molar-refractivity contribution in [3.8, 4) is 5.75 Å². The highest BCUT2D eigenvalue weighted by molar-refractivity contribution is 6.31. The Morgan fingerprint density at radius 3 is 2.58 bits per heavy atom. The van der Waals surface area contributed by atoms with E-state index < -0.39 is 6.04 Å². The number of nitrogens with zero attached hydrogens (tertiary/aromatic N) is 2. The molecule has 2 fully saturated rings. The summed E-state index contributed by atoms with van der Waals surface area (Å²) in [6.45, 7) is 0.494. The lowest BCUT2D eigenvalue weighted by atomic mass is 9.84. The number of halogens is 1. The van der Waals surface area contributed by atoms with E-state index in [0.717, 1.165) is 37.0 Å². The van der Waals surface area contributed by atoms with Gasteiger partial charge in [-0.1, -0.05) is 42.6 Å². The molecule has 4 rings (SSSR count). The van der Waals surface area contributed by atoms with Gasteiger partial charge in [0.25, 0.3) is 5.91 Å². The Balaban J connectivity index is 1.56. The van der Waals surface area contributed by atoms with E-state index in [0.29, 0.717) is 23.0 Å². The molecule has 164 valence electrons. The summed E-state index contributed by atoms with van der Waals surface area (Å²) in [6, 6.07) is 14.5. The maximum Gasteiger partial charge on any atom is 0.254 e. The van der Waals surface area contributed by atoms with Gasteiger partial charge in [0.2, 0.25) is 5.91 Å². The number of methoxy groups -OCH3 is 1. The normalized spacial score (nSPS) is 22.7. The zero-order chi connectivity index (χ0) is 22.0. The number of amides is 2. The first kappa shape index (κ1) is 21.7. The van der Waals surface area contributed by atoms with Crippen LogP contribution >= 0.6 is 11.6 Å². The van der Waals surface area contributed by atoms with Crippen molar-refractivity contribution in [2.24, 2.45) is 5.92 Å². The molecule has 1 saturated carbocycles. The number of hydrogen-bond acceptors (Lipinski definition) is 3. The number of rotatable bonds is 5. The average Bonchev–Trinajstić information content (AvgIpc) is 3.18. The van der Waals surface area contributed by atoms with Crippen molar-refractivity contribution >= 4 is 23.4 Å². The van der Waals surface area contributed by atoms with Gasteiger partial charge < -0.3 is 14.5 Å². The Morgan fingerprint density at radius 1 is 1.13 bits per heavy atom. The first-order chi connectivity index (χ1) is 15.0. The predicted molar refractivity (Wildman–Crippen MR) is 121 cm³/mol. The van der Waals surface area contributed by atoms with E-state index in [2.05, 4.69) is 0 Å². The van der Waals surface area contributed by atoms with Crippen molar-refractivity contribution < 1.29 is 14.3 Å². The molecule has 5 nitrogen and oxygen atoms in total. The molecule has 2 aromatic rings. The monoisotopic (exact) mass is 440 g/mol. The number of benzene rings is 2. The van der Waals surface area contributed by atoms with Crippen LogP contribution in [0.25, 0.3) is 0 Å². The summed E-state index contributed by atoms with van der Waals surface area (Å²) in [4.78, 5) is 30.6. The molecule has 3 unspecified atom stereocenters. The van der Waals surface area contributed by atoms with E-state index in [1.165, 1.54) is 6.42 Å². The highest BCUT2D eigenvalue weighted by Crippen LogP contribution is 2.41. The second kappa shape index (κ2) is 9.31. The van der Waals surface area contributed by atoms with E-state index in [4.69, 9.17) is 16.3 Å². The van der Waals surface area contributed by atoms with Gasteiger partial charge in [-0.15, -0.1) is 0 Å². The van der Waals surface area contributed by atoms with Gasteiger partial charge >= 0.3 is 0 Å². The second-order valence-electron chi connectivity index (χ2n) is 8.63. The summed E-state index contributed by atoms with van der Waals surface area (Å²) in [5.74, 6) is 1.09. The van der Waals surface area contributed by atoms with Gasteiger partial charge in [0, 0.05) is 30.2 Å². The SMILES string of the molecule is COc1ccc(CN(C)C(=O)C2CC3CCCCC3N2C(=O)c2cccc(Cl)c2)cc1. The van der Waals surface area contributed by atoms with Crippen molar-refractivity contribution in [3.05, 3.63) is 64.7 Å². The molecule has 1 aliphatic heterocycles. The quantitative estimate of drug-likeness (QED) is 0.672. The van der Waals surface area contributed by atoms with E-state index in [9.17, 15) is 9.59 Å². The third-order valence-electron chi connectivity index (χ3n) is 6.63. The van der Waals surface area contributed by atoms with E-state index >= 15 is 0 Å². The van der Waals surface area contributed by atoms with E-state index in [-0.39, 0.29) is 17.9 Å². The molecule has 1 saturated heterocycles. The minimum absolute atomic E-state index is 0.000552. The Kier molecular flexibility index (Phi) is 6.51. The van der Waals surface area contributed by atoms with E-state index in [1.54, 1.807) is 36.3 Å². The highest BCUT2D eigenvalue weighted by Gasteiger charge is 2.48. The number of fused-ring (bicyclic) bond motifs is 1. The van der Waals surface area contributed by atoms with Crippen LogP contribution in [0.1, 0.15) is 48.0 Å². The molecule has 0 bridgehead atoms. The standard InChI is InChI=1S/C25H29ClN2O3/c1-27(16-17-10-12-21(31-2)13-11-17)25(30)23-15-18-6-3-4-9-22(18)28(23)24(29)19-7-5-8-20(26)14-19/h5,7-8,10-14,18,22-23H,3-4,6,9,15-16H2,1-2H3. The molecule has 0 N–H and O–H groups in total. The largest absolute Gasteiger partial charge is 0.497 e. The molecule has 0 radical (unpaired) electrons. The molecule has 31 heavy (non-hydrogen) atoms. The first-order valence-electron chi connectivity index (χ1n) is 10.9. The summed E-state index contributed by atoms with van der Waals surface area (Å²) < 4.78 is 5.21. The van der Waals surface area contributed by atoms with Gasteiger partial charge in [0.05, 0.1) is 7.11 Å². The Labute approximate surface area is 188 Å². The summed E-state index contributed by atoms with van der Waals surface area (Å²) in [5.41, 5.74) is 1.58. The van der Waals surface area contributed by atoms with Crippen LogP contribution in [-0.2, 0) is 11.3 Å². The molecule has 6 heteroatoms. The van der Waals surface area contributed by atoms with Crippen molar-refractivity contribution in [1.82, 2.24) is 9.80 Å². The van der Waals surface area contributed by atoms with Crippen LogP contribution in [0.5, 0.6) is 5.75 Å². The van der Waals surface area contributed by atoms with Gasteiger partial charge in [-0.2, -0.15) is 0 Å². The van der Waals surface area contributed by atoms with Crippen molar-refractivity contribution in [1.29, 1.82) is 0 Å². The topological polar surface area (TPSA) is 49.9 Å². The van der Waals surface area contributed by atoms with Gasteiger partial charge in [-0.25, -0.2) is 0 Å². The molecule has 1 aliphatic carbocycles. The molecular formula is C25H29ClN2O3. The fraction of sp³-hybridized carbons (Fsp3) is 0.440. The van der Waals surface area contributed by atoms with Crippen molar-refractivity contribution in [2.45, 2.75) is 50.7 Å². The van der Waals surface area contributed by atoms with Crippen LogP contribution in [0.2, 0.25) is 5.02 Å². The van der Waals surface area contributed by atoms with Crippen LogP contribution in [0, 0.1) is 5.92 Å². The number of carbonyl (C=O) groups is 2. The number of carbonyl (C=O) groups excluding carboxylic acids is 2. The fourth-order valence-corrected chi connectivity index (χ4v) is 5.27. The number of ether oxygens (including phenoxy) is 1. The van der Waals surface area contributed by atoms with Crippen LogP contribution < -0.4 is 4.74 Å². The number of hydrogen-bond donors (Lipinski definition) is 0. The lowest BCUT2D eigenvalue weighted by molar-refractivity contribution is -0.134. The summed E-state index contributed by atoms with van der Waals surface area (Å²) in [6.07, 6.45) is 5.05. The van der Waals surface area contributed by atoms with Gasteiger partial charge in [0.15, 0.2) is 0 Å². The van der Waals surface area contributed by atoms with Crippen LogP contribution in [0.15, 0.2) is 48.5 Å². The zero-order valence-electron chi connectivity index (χ0n) is 18.1. The van der Waals surface area contributed by atoms with Crippen LogP contribution in [0.3, 0.4) is 0 Å². The maximum absolute atomic E-state index is 13.5. The minimum atomic E-state index is -0.428. The van der Waals surface area contributed by atoms with E-state index in [1.807, 2.05) is 36.2 Å². The summed E-state index contributed by atoms with van der Waals surface area (Å²) in [5, 5.41) is 0.532. The zero-order valence-corrected chi connectivity index (χ0v) is 18.8. The highest BCUT2D eigenvalue weighted by atomic mass is 35.5. The Bertz CT molecular complexity index is 946. The molecule has 2 amide bonds. The number of likely N-dealkylation sites (tertiary alicyclic amines) is 1. The van der Waals surface area contributed by atoms with Crippen molar-refractivity contribution in [2.75, 3.05) is 14.2 Å². The lowest BCUT2D eigenvalue weighted by Crippen LogP contribution is -2.49. The Hall–Kier alpha value is -2.53. The third-order valence-corrected chi connectivity index (χ3v) is 6.87. The average molecular weight is 441 g/mol. The first-order valence-corrected chi connectivity index (χ1v) is 11.3. The minimum Gasteiger partial charge on any atom is -0.497 e. The fourth-order valence-electron chi connectivity index (χ4n) is 5.08. The smallest absolute Gasteiger partial charge is 0.254 e. The third kappa shape index (κ3) is 4.57. The van der Waals surface area contributed by atoms with Gasteiger partial charge in [-0.05, 0) is 61.1 Å². The van der Waals surface area contributed by atoms with Gasteiger partial charge in [0.1, 0.15) is 11.8 Å². The van der Waals surface area contributed by atoms with Crippen LogP contribution in [0.4, 0.5) is 0 Å². The molecule has 2 aromatic carbocycles. The number of likely N-dealkylation sites (N-methyl/N-ethyl adjacent to an activating group) is 1. The molecule has 0 spiro atoms. The summed E-state index contributed by atoms with van der Waals surface area (Å²) >= 11 is 6.14. The Morgan fingerprint density at radius 2 is 1.87 bits per heavy atom.